The molecule has 0 aromatic heterocycles. The van der Waals surface area contributed by atoms with Gasteiger partial charge in [-0.1, -0.05) is 18.7 Å². The van der Waals surface area contributed by atoms with Crippen molar-refractivity contribution < 1.29 is 37.0 Å². The lowest BCUT2D eigenvalue weighted by Gasteiger charge is -2.07. The predicted molar refractivity (Wildman–Crippen MR) is 111 cm³/mol. The minimum absolute atomic E-state index is 0.252. The van der Waals surface area contributed by atoms with E-state index in [9.17, 15) is 22.8 Å². The maximum absolute atomic E-state index is 12.0. The average Bonchev–Trinajstić information content (AvgIpc) is 2.71. The summed E-state index contributed by atoms with van der Waals surface area (Å²) in [4.78, 5) is 22.7. The van der Waals surface area contributed by atoms with Gasteiger partial charge in [0, 0.05) is 18.1 Å². The van der Waals surface area contributed by atoms with Gasteiger partial charge >= 0.3 is 18.1 Å². The molecule has 0 fully saturated rings. The zero-order chi connectivity index (χ0) is 23.1. The highest BCUT2D eigenvalue weighted by atomic mass is 19.4. The summed E-state index contributed by atoms with van der Waals surface area (Å²) in [7, 11) is 0. The molecule has 8 heteroatoms. The van der Waals surface area contributed by atoms with Gasteiger partial charge in [-0.25, -0.2) is 9.59 Å². The van der Waals surface area contributed by atoms with Crippen LogP contribution in [0.4, 0.5) is 13.2 Å². The van der Waals surface area contributed by atoms with Crippen molar-refractivity contribution in [3.63, 3.8) is 0 Å². The first-order valence-electron chi connectivity index (χ1n) is 10.1. The lowest BCUT2D eigenvalue weighted by Crippen LogP contribution is -2.10. The third-order valence-electron chi connectivity index (χ3n) is 4.03. The van der Waals surface area contributed by atoms with Crippen molar-refractivity contribution in [3.8, 4) is 5.75 Å². The summed E-state index contributed by atoms with van der Waals surface area (Å²) in [5.41, 5.74) is 1.14. The quantitative estimate of drug-likeness (QED) is 0.212. The van der Waals surface area contributed by atoms with Gasteiger partial charge in [0.15, 0.2) is 0 Å². The van der Waals surface area contributed by atoms with Crippen LogP contribution in [0, 0.1) is 0 Å². The van der Waals surface area contributed by atoms with Crippen LogP contribution in [-0.2, 0) is 19.1 Å². The lowest BCUT2D eigenvalue weighted by molar-refractivity contribution is -0.146. The van der Waals surface area contributed by atoms with Gasteiger partial charge in [-0.3, -0.25) is 0 Å². The highest BCUT2D eigenvalue weighted by molar-refractivity contribution is 5.87. The summed E-state index contributed by atoms with van der Waals surface area (Å²) in [5.74, 6) is -0.349. The Bertz CT molecular complexity index is 724. The molecule has 0 amide bonds. The van der Waals surface area contributed by atoms with E-state index in [4.69, 9.17) is 14.2 Å². The molecule has 0 unspecified atom stereocenters. The van der Waals surface area contributed by atoms with E-state index in [1.165, 1.54) is 12.2 Å². The van der Waals surface area contributed by atoms with E-state index in [-0.39, 0.29) is 19.0 Å². The third kappa shape index (κ3) is 14.0. The van der Waals surface area contributed by atoms with Gasteiger partial charge in [-0.2, -0.15) is 13.2 Å². The maximum Gasteiger partial charge on any atom is 0.389 e. The number of alkyl halides is 3. The molecule has 0 aliphatic heterocycles. The standard InChI is InChI=1S/C23H29F3O5/c1-18(2)22(28)31-16-6-4-3-5-15-29-20-11-8-19(9-12-20)10-13-21(27)30-17-7-14-23(24,25)26/h8-13H,1,3-7,14-17H2,2H3. The first-order chi connectivity index (χ1) is 14.7. The van der Waals surface area contributed by atoms with Crippen LogP contribution in [0.2, 0.25) is 0 Å². The Morgan fingerprint density at radius 1 is 0.935 bits per heavy atom. The number of rotatable bonds is 14. The van der Waals surface area contributed by atoms with Crippen LogP contribution < -0.4 is 4.74 Å². The summed E-state index contributed by atoms with van der Waals surface area (Å²) in [6.45, 7) is 5.82. The molecule has 0 saturated carbocycles. The molecule has 0 aliphatic carbocycles. The van der Waals surface area contributed by atoms with Crippen molar-refractivity contribution in [2.45, 2.75) is 51.6 Å². The van der Waals surface area contributed by atoms with E-state index >= 15 is 0 Å². The number of esters is 2. The van der Waals surface area contributed by atoms with Crippen molar-refractivity contribution in [2.24, 2.45) is 0 Å². The van der Waals surface area contributed by atoms with Crippen LogP contribution in [0.15, 0.2) is 42.5 Å². The lowest BCUT2D eigenvalue weighted by atomic mass is 10.2. The molecule has 0 aliphatic rings. The largest absolute Gasteiger partial charge is 0.494 e. The number of halogens is 3. The fourth-order valence-corrected chi connectivity index (χ4v) is 2.37. The van der Waals surface area contributed by atoms with E-state index in [1.54, 1.807) is 31.2 Å². The van der Waals surface area contributed by atoms with E-state index in [2.05, 4.69) is 6.58 Å². The molecule has 172 valence electrons. The highest BCUT2D eigenvalue weighted by Crippen LogP contribution is 2.21. The molecule has 1 aromatic carbocycles. The minimum Gasteiger partial charge on any atom is -0.494 e. The zero-order valence-electron chi connectivity index (χ0n) is 17.7. The number of hydrogen-bond donors (Lipinski definition) is 0. The summed E-state index contributed by atoms with van der Waals surface area (Å²) < 4.78 is 51.4. The average molecular weight is 442 g/mol. The fraction of sp³-hybridized carbons (Fsp3) is 0.478. The number of benzene rings is 1. The van der Waals surface area contributed by atoms with Crippen LogP contribution in [-0.4, -0.2) is 37.9 Å². The Hall–Kier alpha value is -2.77. The van der Waals surface area contributed by atoms with Gasteiger partial charge in [-0.05, 0) is 62.8 Å². The summed E-state index contributed by atoms with van der Waals surface area (Å²) in [6.07, 6.45) is 0.787. The zero-order valence-corrected chi connectivity index (χ0v) is 17.7. The van der Waals surface area contributed by atoms with Gasteiger partial charge in [0.05, 0.1) is 19.8 Å². The molecular formula is C23H29F3O5. The summed E-state index contributed by atoms with van der Waals surface area (Å²) in [6, 6.07) is 7.06. The molecule has 0 radical (unpaired) electrons. The SMILES string of the molecule is C=C(C)C(=O)OCCCCCCOc1ccc(C=CC(=O)OCCCC(F)(F)F)cc1. The minimum atomic E-state index is -4.24. The van der Waals surface area contributed by atoms with Crippen LogP contribution in [0.1, 0.15) is 51.0 Å². The molecule has 0 heterocycles. The summed E-state index contributed by atoms with van der Waals surface area (Å²) >= 11 is 0. The highest BCUT2D eigenvalue weighted by Gasteiger charge is 2.26. The number of ether oxygens (including phenoxy) is 3. The van der Waals surface area contributed by atoms with Crippen LogP contribution >= 0.6 is 0 Å². The molecule has 1 rings (SSSR count). The van der Waals surface area contributed by atoms with Crippen LogP contribution in [0.3, 0.4) is 0 Å². The number of hydrogen-bond acceptors (Lipinski definition) is 5. The molecule has 0 bridgehead atoms. The molecule has 1 aromatic rings. The van der Waals surface area contributed by atoms with Crippen LogP contribution in [0.25, 0.3) is 6.08 Å². The molecule has 31 heavy (non-hydrogen) atoms. The Morgan fingerprint density at radius 3 is 2.16 bits per heavy atom. The first kappa shape index (κ1) is 26.3. The van der Waals surface area contributed by atoms with Gasteiger partial charge in [0.2, 0.25) is 0 Å². The van der Waals surface area contributed by atoms with Crippen molar-refractivity contribution in [1.29, 1.82) is 0 Å². The monoisotopic (exact) mass is 442 g/mol. The molecule has 0 spiro atoms. The molecule has 5 nitrogen and oxygen atoms in total. The fourth-order valence-electron chi connectivity index (χ4n) is 2.37. The normalized spacial score (nSPS) is 11.4. The Kier molecular flexibility index (Phi) is 12.1. The molecule has 0 N–H and O–H groups in total. The maximum atomic E-state index is 12.0. The second kappa shape index (κ2) is 14.3. The second-order valence-corrected chi connectivity index (χ2v) is 6.97. The second-order valence-electron chi connectivity index (χ2n) is 6.97. The van der Waals surface area contributed by atoms with Crippen molar-refractivity contribution in [1.82, 2.24) is 0 Å². The predicted octanol–water partition coefficient (Wildman–Crippen LogP) is 5.64. The topological polar surface area (TPSA) is 61.8 Å². The number of carbonyl (C=O) groups excluding carboxylic acids is 2. The van der Waals surface area contributed by atoms with E-state index < -0.39 is 18.6 Å². The molecule has 0 saturated heterocycles. The Morgan fingerprint density at radius 2 is 1.55 bits per heavy atom. The van der Waals surface area contributed by atoms with Gasteiger partial charge < -0.3 is 14.2 Å². The van der Waals surface area contributed by atoms with Crippen molar-refractivity contribution in [2.75, 3.05) is 19.8 Å². The number of unbranched alkanes of at least 4 members (excludes halogenated alkanes) is 3. The van der Waals surface area contributed by atoms with Crippen LogP contribution in [0.5, 0.6) is 5.75 Å². The third-order valence-corrected chi connectivity index (χ3v) is 4.03. The van der Waals surface area contributed by atoms with Gasteiger partial charge in [0.1, 0.15) is 5.75 Å². The van der Waals surface area contributed by atoms with Crippen molar-refractivity contribution in [3.05, 3.63) is 48.1 Å². The summed E-state index contributed by atoms with van der Waals surface area (Å²) in [5, 5.41) is 0. The molecular weight excluding hydrogens is 413 g/mol. The van der Waals surface area contributed by atoms with Gasteiger partial charge in [-0.15, -0.1) is 0 Å². The van der Waals surface area contributed by atoms with Crippen molar-refractivity contribution >= 4 is 18.0 Å². The Balaban J connectivity index is 2.15. The number of carbonyl (C=O) groups is 2. The first-order valence-corrected chi connectivity index (χ1v) is 10.1. The van der Waals surface area contributed by atoms with Gasteiger partial charge in [0.25, 0.3) is 0 Å². The Labute approximate surface area is 180 Å². The van der Waals surface area contributed by atoms with E-state index in [0.29, 0.717) is 24.5 Å². The molecule has 0 atom stereocenters. The van der Waals surface area contributed by atoms with E-state index in [0.717, 1.165) is 31.2 Å². The van der Waals surface area contributed by atoms with E-state index in [1.807, 2.05) is 0 Å². The smallest absolute Gasteiger partial charge is 0.389 e.